The van der Waals surface area contributed by atoms with Crippen molar-refractivity contribution in [1.29, 1.82) is 0 Å². The molecule has 4 unspecified atom stereocenters. The molecule has 13 nitrogen and oxygen atoms in total. The molecule has 1 fully saturated rings. The van der Waals surface area contributed by atoms with Crippen LogP contribution in [-0.2, 0) is 28.8 Å². The van der Waals surface area contributed by atoms with E-state index >= 15 is 0 Å². The number of nitrogens with zero attached hydrogens (tertiary/aromatic N) is 1. The van der Waals surface area contributed by atoms with Crippen molar-refractivity contribution in [3.63, 3.8) is 0 Å². The Hall–Kier alpha value is -3.22. The van der Waals surface area contributed by atoms with E-state index < -0.39 is 72.6 Å². The Morgan fingerprint density at radius 1 is 1.03 bits per heavy atom. The van der Waals surface area contributed by atoms with Gasteiger partial charge in [0, 0.05) is 6.54 Å². The lowest BCUT2D eigenvalue weighted by Crippen LogP contribution is -2.57. The molecule has 0 radical (unpaired) electrons. The van der Waals surface area contributed by atoms with Crippen molar-refractivity contribution in [2.24, 2.45) is 17.4 Å². The summed E-state index contributed by atoms with van der Waals surface area (Å²) in [6.45, 7) is 3.81. The van der Waals surface area contributed by atoms with Crippen LogP contribution in [0.5, 0.6) is 0 Å². The van der Waals surface area contributed by atoms with Gasteiger partial charge in [-0.2, -0.15) is 0 Å². The van der Waals surface area contributed by atoms with Crippen LogP contribution >= 0.6 is 0 Å². The number of rotatable bonds is 12. The Labute approximate surface area is 184 Å². The van der Waals surface area contributed by atoms with Crippen molar-refractivity contribution >= 4 is 35.6 Å². The summed E-state index contributed by atoms with van der Waals surface area (Å²) in [4.78, 5) is 72.6. The topological polar surface area (TPSA) is 222 Å². The van der Waals surface area contributed by atoms with Gasteiger partial charge in [-0.3, -0.25) is 24.0 Å². The SMILES string of the molecule is CC(C)CC(N)C(=O)NC(CC(=O)O)C(=O)N1CCCC1C(=O)NC(CC(N)=O)C(=O)O. The zero-order valence-corrected chi connectivity index (χ0v) is 18.1. The summed E-state index contributed by atoms with van der Waals surface area (Å²) < 4.78 is 0. The molecule has 8 N–H and O–H groups in total. The molecule has 0 bridgehead atoms. The third-order valence-electron chi connectivity index (χ3n) is 4.91. The van der Waals surface area contributed by atoms with E-state index in [0.717, 1.165) is 4.90 Å². The van der Waals surface area contributed by atoms with Crippen LogP contribution in [0, 0.1) is 5.92 Å². The van der Waals surface area contributed by atoms with Gasteiger partial charge in [0.05, 0.1) is 18.9 Å². The standard InChI is InChI=1S/C19H31N5O8/c1-9(2)6-10(20)16(28)22-11(8-15(26)27)18(30)24-5-3-4-13(24)17(29)23-12(19(31)32)7-14(21)25/h9-13H,3-8,20H2,1-2H3,(H2,21,25)(H,22,28)(H,23,29)(H,26,27)(H,31,32). The first-order valence-corrected chi connectivity index (χ1v) is 10.2. The Morgan fingerprint density at radius 2 is 1.66 bits per heavy atom. The van der Waals surface area contributed by atoms with Gasteiger partial charge < -0.3 is 37.2 Å². The summed E-state index contributed by atoms with van der Waals surface area (Å²) in [6, 6.07) is -5.05. The number of amides is 4. The van der Waals surface area contributed by atoms with Gasteiger partial charge in [-0.15, -0.1) is 0 Å². The van der Waals surface area contributed by atoms with E-state index in [9.17, 15) is 28.8 Å². The van der Waals surface area contributed by atoms with Crippen LogP contribution in [0.3, 0.4) is 0 Å². The zero-order valence-electron chi connectivity index (χ0n) is 18.1. The smallest absolute Gasteiger partial charge is 0.326 e. The fourth-order valence-electron chi connectivity index (χ4n) is 3.44. The van der Waals surface area contributed by atoms with Gasteiger partial charge in [-0.05, 0) is 25.2 Å². The van der Waals surface area contributed by atoms with Crippen molar-refractivity contribution in [3.8, 4) is 0 Å². The van der Waals surface area contributed by atoms with Crippen LogP contribution in [0.4, 0.5) is 0 Å². The van der Waals surface area contributed by atoms with Gasteiger partial charge in [0.2, 0.25) is 23.6 Å². The van der Waals surface area contributed by atoms with Crippen molar-refractivity contribution in [2.45, 2.75) is 70.1 Å². The van der Waals surface area contributed by atoms with E-state index in [0.29, 0.717) is 12.8 Å². The molecular weight excluding hydrogens is 426 g/mol. The fourth-order valence-corrected chi connectivity index (χ4v) is 3.44. The third-order valence-corrected chi connectivity index (χ3v) is 4.91. The molecule has 1 aliphatic rings. The van der Waals surface area contributed by atoms with Crippen molar-refractivity contribution < 1.29 is 39.0 Å². The average Bonchev–Trinajstić information content (AvgIpc) is 3.14. The van der Waals surface area contributed by atoms with Gasteiger partial charge in [-0.1, -0.05) is 13.8 Å². The maximum Gasteiger partial charge on any atom is 0.326 e. The summed E-state index contributed by atoms with van der Waals surface area (Å²) in [5, 5.41) is 22.9. The minimum absolute atomic E-state index is 0.0959. The molecule has 0 saturated carbocycles. The Bertz CT molecular complexity index is 756. The average molecular weight is 457 g/mol. The van der Waals surface area contributed by atoms with Gasteiger partial charge in [0.15, 0.2) is 0 Å². The summed E-state index contributed by atoms with van der Waals surface area (Å²) in [6.07, 6.45) is -0.430. The van der Waals surface area contributed by atoms with E-state index in [1.807, 2.05) is 13.8 Å². The number of likely N-dealkylation sites (tertiary alicyclic amines) is 1. The van der Waals surface area contributed by atoms with E-state index in [1.54, 1.807) is 0 Å². The third kappa shape index (κ3) is 8.13. The van der Waals surface area contributed by atoms with Gasteiger partial charge in [0.25, 0.3) is 0 Å². The fraction of sp³-hybridized carbons (Fsp3) is 0.684. The number of hydrogen-bond acceptors (Lipinski definition) is 7. The Kier molecular flexibility index (Phi) is 10.0. The highest BCUT2D eigenvalue weighted by Gasteiger charge is 2.40. The minimum atomic E-state index is -1.57. The molecule has 1 heterocycles. The van der Waals surface area contributed by atoms with Gasteiger partial charge in [0.1, 0.15) is 18.1 Å². The Morgan fingerprint density at radius 3 is 2.16 bits per heavy atom. The number of carboxylic acids is 2. The largest absolute Gasteiger partial charge is 0.481 e. The number of hydrogen-bond donors (Lipinski definition) is 6. The second-order valence-corrected chi connectivity index (χ2v) is 8.15. The first-order valence-electron chi connectivity index (χ1n) is 10.2. The van der Waals surface area contributed by atoms with E-state index in [-0.39, 0.29) is 18.9 Å². The summed E-state index contributed by atoms with van der Waals surface area (Å²) in [7, 11) is 0. The predicted octanol–water partition coefficient (Wildman–Crippen LogP) is -2.24. The zero-order chi connectivity index (χ0) is 24.6. The second-order valence-electron chi connectivity index (χ2n) is 8.15. The number of aliphatic carboxylic acids is 2. The van der Waals surface area contributed by atoms with Crippen LogP contribution in [0.1, 0.15) is 46.0 Å². The minimum Gasteiger partial charge on any atom is -0.481 e. The Balaban J connectivity index is 2.96. The maximum atomic E-state index is 13.0. The van der Waals surface area contributed by atoms with E-state index in [2.05, 4.69) is 10.6 Å². The van der Waals surface area contributed by atoms with Crippen LogP contribution in [-0.4, -0.2) is 81.4 Å². The van der Waals surface area contributed by atoms with Crippen molar-refractivity contribution in [2.75, 3.05) is 6.54 Å². The predicted molar refractivity (Wildman–Crippen MR) is 110 cm³/mol. The highest BCUT2D eigenvalue weighted by Crippen LogP contribution is 2.20. The first-order chi connectivity index (χ1) is 14.8. The molecule has 0 aromatic heterocycles. The molecular formula is C19H31N5O8. The lowest BCUT2D eigenvalue weighted by molar-refractivity contribution is -0.147. The molecule has 0 aromatic carbocycles. The molecule has 4 atom stereocenters. The molecule has 180 valence electrons. The number of carboxylic acid groups (broad SMARTS) is 2. The lowest BCUT2D eigenvalue weighted by atomic mass is 10.0. The van der Waals surface area contributed by atoms with Crippen LogP contribution in [0.2, 0.25) is 0 Å². The molecule has 1 rings (SSSR count). The van der Waals surface area contributed by atoms with Crippen LogP contribution < -0.4 is 22.1 Å². The molecule has 32 heavy (non-hydrogen) atoms. The quantitative estimate of drug-likeness (QED) is 0.186. The van der Waals surface area contributed by atoms with Crippen molar-refractivity contribution in [1.82, 2.24) is 15.5 Å². The molecule has 13 heteroatoms. The lowest BCUT2D eigenvalue weighted by Gasteiger charge is -2.29. The second kappa shape index (κ2) is 12.0. The van der Waals surface area contributed by atoms with Crippen LogP contribution in [0.25, 0.3) is 0 Å². The highest BCUT2D eigenvalue weighted by atomic mass is 16.4. The number of nitrogens with two attached hydrogens (primary N) is 2. The van der Waals surface area contributed by atoms with Crippen LogP contribution in [0.15, 0.2) is 0 Å². The number of nitrogens with one attached hydrogen (secondary N) is 2. The molecule has 1 saturated heterocycles. The highest BCUT2D eigenvalue weighted by molar-refractivity contribution is 5.96. The molecule has 4 amide bonds. The van der Waals surface area contributed by atoms with Gasteiger partial charge in [-0.25, -0.2) is 4.79 Å². The van der Waals surface area contributed by atoms with Crippen molar-refractivity contribution in [3.05, 3.63) is 0 Å². The van der Waals surface area contributed by atoms with Gasteiger partial charge >= 0.3 is 11.9 Å². The number of primary amides is 1. The monoisotopic (exact) mass is 457 g/mol. The normalized spacial score (nSPS) is 18.5. The summed E-state index contributed by atoms with van der Waals surface area (Å²) in [5.74, 6) is -5.95. The summed E-state index contributed by atoms with van der Waals surface area (Å²) >= 11 is 0. The molecule has 0 aliphatic carbocycles. The molecule has 0 spiro atoms. The summed E-state index contributed by atoms with van der Waals surface area (Å²) in [5.41, 5.74) is 10.8. The maximum absolute atomic E-state index is 13.0. The number of carbonyl (C=O) groups is 6. The first kappa shape index (κ1) is 26.8. The van der Waals surface area contributed by atoms with E-state index in [1.165, 1.54) is 0 Å². The molecule has 1 aliphatic heterocycles. The molecule has 0 aromatic rings. The number of carbonyl (C=O) groups excluding carboxylic acids is 4. The van der Waals surface area contributed by atoms with E-state index in [4.69, 9.17) is 21.7 Å².